The summed E-state index contributed by atoms with van der Waals surface area (Å²) in [6.07, 6.45) is 0. The molecule has 178 valence electrons. The van der Waals surface area contributed by atoms with E-state index in [2.05, 4.69) is 0 Å². The maximum atomic E-state index is 13.1. The third-order valence-corrected chi connectivity index (χ3v) is 8.85. The SMILES string of the molecule is CCN(CC)S(=O)(=O)c1ccc2c(c1)nc(SCc1ccc(Cl)cc1)n2-c1ccccc1OC. The minimum absolute atomic E-state index is 0.239. The van der Waals surface area contributed by atoms with Crippen LogP contribution in [0, 0.1) is 0 Å². The number of hydrogen-bond donors (Lipinski definition) is 0. The first-order valence-corrected chi connectivity index (χ1v) is 13.7. The highest BCUT2D eigenvalue weighted by Gasteiger charge is 2.24. The van der Waals surface area contributed by atoms with Crippen LogP contribution in [0.5, 0.6) is 5.75 Å². The van der Waals surface area contributed by atoms with Crippen LogP contribution in [0.1, 0.15) is 19.4 Å². The molecule has 0 aliphatic carbocycles. The van der Waals surface area contributed by atoms with E-state index in [0.717, 1.165) is 21.9 Å². The lowest BCUT2D eigenvalue weighted by Crippen LogP contribution is -2.30. The Labute approximate surface area is 209 Å². The number of imidazole rings is 1. The fourth-order valence-electron chi connectivity index (χ4n) is 3.78. The molecule has 34 heavy (non-hydrogen) atoms. The van der Waals surface area contributed by atoms with Crippen molar-refractivity contribution in [3.63, 3.8) is 0 Å². The summed E-state index contributed by atoms with van der Waals surface area (Å²) in [5.74, 6) is 1.38. The number of sulfonamides is 1. The molecule has 1 heterocycles. The van der Waals surface area contributed by atoms with Crippen molar-refractivity contribution in [3.8, 4) is 11.4 Å². The predicted molar refractivity (Wildman–Crippen MR) is 139 cm³/mol. The van der Waals surface area contributed by atoms with Crippen molar-refractivity contribution in [1.82, 2.24) is 13.9 Å². The highest BCUT2D eigenvalue weighted by atomic mass is 35.5. The number of para-hydroxylation sites is 2. The van der Waals surface area contributed by atoms with Crippen LogP contribution < -0.4 is 4.74 Å². The molecule has 0 spiro atoms. The Kier molecular flexibility index (Phi) is 7.52. The van der Waals surface area contributed by atoms with Gasteiger partial charge in [0.25, 0.3) is 0 Å². The monoisotopic (exact) mass is 515 g/mol. The molecule has 0 N–H and O–H groups in total. The van der Waals surface area contributed by atoms with Crippen molar-refractivity contribution in [3.05, 3.63) is 77.3 Å². The first-order chi connectivity index (χ1) is 16.4. The first-order valence-electron chi connectivity index (χ1n) is 10.9. The quantitative estimate of drug-likeness (QED) is 0.255. The molecular weight excluding hydrogens is 490 g/mol. The molecule has 4 aromatic rings. The Bertz CT molecular complexity index is 1400. The summed E-state index contributed by atoms with van der Waals surface area (Å²) in [5.41, 5.74) is 3.36. The van der Waals surface area contributed by atoms with Crippen molar-refractivity contribution in [2.75, 3.05) is 20.2 Å². The summed E-state index contributed by atoms with van der Waals surface area (Å²) in [6, 6.07) is 20.5. The molecule has 0 radical (unpaired) electrons. The van der Waals surface area contributed by atoms with Gasteiger partial charge >= 0.3 is 0 Å². The number of halogens is 1. The lowest BCUT2D eigenvalue weighted by molar-refractivity contribution is 0.412. The van der Waals surface area contributed by atoms with Crippen molar-refractivity contribution in [2.24, 2.45) is 0 Å². The van der Waals surface area contributed by atoms with Crippen molar-refractivity contribution < 1.29 is 13.2 Å². The molecule has 0 aliphatic rings. The second-order valence-corrected chi connectivity index (χ2v) is 10.9. The molecule has 0 saturated heterocycles. The van der Waals surface area contributed by atoms with E-state index in [1.165, 1.54) is 4.31 Å². The molecule has 0 amide bonds. The minimum atomic E-state index is -3.59. The fourth-order valence-corrected chi connectivity index (χ4v) is 6.37. The molecule has 0 fully saturated rings. The summed E-state index contributed by atoms with van der Waals surface area (Å²) in [5, 5.41) is 1.43. The maximum Gasteiger partial charge on any atom is 0.243 e. The van der Waals surface area contributed by atoms with Gasteiger partial charge in [0.05, 0.1) is 28.7 Å². The van der Waals surface area contributed by atoms with Gasteiger partial charge in [0.15, 0.2) is 5.16 Å². The zero-order valence-electron chi connectivity index (χ0n) is 19.2. The van der Waals surface area contributed by atoms with E-state index < -0.39 is 10.0 Å². The highest BCUT2D eigenvalue weighted by molar-refractivity contribution is 7.98. The smallest absolute Gasteiger partial charge is 0.243 e. The van der Waals surface area contributed by atoms with Gasteiger partial charge in [-0.1, -0.05) is 61.5 Å². The molecule has 0 aliphatic heterocycles. The van der Waals surface area contributed by atoms with Gasteiger partial charge in [-0.15, -0.1) is 0 Å². The molecule has 0 unspecified atom stereocenters. The highest BCUT2D eigenvalue weighted by Crippen LogP contribution is 2.35. The van der Waals surface area contributed by atoms with Crippen molar-refractivity contribution >= 4 is 44.4 Å². The Morgan fingerprint density at radius 2 is 1.74 bits per heavy atom. The molecule has 6 nitrogen and oxygen atoms in total. The van der Waals surface area contributed by atoms with Gasteiger partial charge in [0.2, 0.25) is 10.0 Å². The number of ether oxygens (including phenoxy) is 1. The second kappa shape index (κ2) is 10.4. The second-order valence-electron chi connectivity index (χ2n) is 7.56. The molecule has 1 aromatic heterocycles. The lowest BCUT2D eigenvalue weighted by atomic mass is 10.2. The van der Waals surface area contributed by atoms with Crippen LogP contribution in [0.2, 0.25) is 5.02 Å². The topological polar surface area (TPSA) is 64.4 Å². The first kappa shape index (κ1) is 24.6. The molecule has 0 saturated carbocycles. The standard InChI is InChI=1S/C25H26ClN3O3S2/c1-4-28(5-2)34(30,31)20-14-15-22-21(16-20)27-25(33-17-18-10-12-19(26)13-11-18)29(22)23-8-6-7-9-24(23)32-3/h6-16H,4-5,17H2,1-3H3. The maximum absolute atomic E-state index is 13.1. The van der Waals surface area contributed by atoms with Gasteiger partial charge in [0.1, 0.15) is 5.75 Å². The number of benzene rings is 3. The van der Waals surface area contributed by atoms with Crippen LogP contribution in [-0.2, 0) is 15.8 Å². The summed E-state index contributed by atoms with van der Waals surface area (Å²) in [7, 11) is -1.96. The van der Waals surface area contributed by atoms with Crippen LogP contribution in [-0.4, -0.2) is 42.5 Å². The normalized spacial score (nSPS) is 11.9. The Hall–Kier alpha value is -2.52. The third-order valence-electron chi connectivity index (χ3n) is 5.55. The van der Waals surface area contributed by atoms with Crippen LogP contribution in [0.3, 0.4) is 0 Å². The predicted octanol–water partition coefficient (Wildman–Crippen LogP) is 6.01. The van der Waals surface area contributed by atoms with Gasteiger partial charge in [-0.25, -0.2) is 13.4 Å². The Balaban J connectivity index is 1.84. The number of rotatable bonds is 9. The molecule has 3 aromatic carbocycles. The van der Waals surface area contributed by atoms with E-state index in [1.807, 2.05) is 73.0 Å². The van der Waals surface area contributed by atoms with E-state index in [0.29, 0.717) is 35.1 Å². The number of hydrogen-bond acceptors (Lipinski definition) is 5. The zero-order chi connectivity index (χ0) is 24.3. The van der Waals surface area contributed by atoms with Crippen LogP contribution >= 0.6 is 23.4 Å². The number of fused-ring (bicyclic) bond motifs is 1. The summed E-state index contributed by atoms with van der Waals surface area (Å²) in [4.78, 5) is 5.08. The molecule has 0 bridgehead atoms. The van der Waals surface area contributed by atoms with Crippen molar-refractivity contribution in [2.45, 2.75) is 29.7 Å². The largest absolute Gasteiger partial charge is 0.495 e. The number of aromatic nitrogens is 2. The summed E-state index contributed by atoms with van der Waals surface area (Å²) in [6.45, 7) is 4.49. The van der Waals surface area contributed by atoms with Gasteiger partial charge in [-0.05, 0) is 48.0 Å². The van der Waals surface area contributed by atoms with Crippen LogP contribution in [0.15, 0.2) is 76.8 Å². The van der Waals surface area contributed by atoms with Gasteiger partial charge in [-0.2, -0.15) is 4.31 Å². The van der Waals surface area contributed by atoms with Crippen LogP contribution in [0.25, 0.3) is 16.7 Å². The summed E-state index contributed by atoms with van der Waals surface area (Å²) < 4.78 is 35.3. The van der Waals surface area contributed by atoms with E-state index in [4.69, 9.17) is 21.3 Å². The minimum Gasteiger partial charge on any atom is -0.495 e. The number of nitrogens with zero attached hydrogens (tertiary/aromatic N) is 3. The van der Waals surface area contributed by atoms with Gasteiger partial charge in [-0.3, -0.25) is 4.57 Å². The summed E-state index contributed by atoms with van der Waals surface area (Å²) >= 11 is 7.59. The third kappa shape index (κ3) is 4.81. The molecule has 4 rings (SSSR count). The Morgan fingerprint density at radius 3 is 2.41 bits per heavy atom. The number of thioether (sulfide) groups is 1. The average molecular weight is 516 g/mol. The van der Waals surface area contributed by atoms with E-state index in [9.17, 15) is 8.42 Å². The fraction of sp³-hybridized carbons (Fsp3) is 0.240. The Morgan fingerprint density at radius 1 is 1.03 bits per heavy atom. The molecule has 9 heteroatoms. The zero-order valence-corrected chi connectivity index (χ0v) is 21.6. The molecule has 0 atom stereocenters. The van der Waals surface area contributed by atoms with E-state index in [-0.39, 0.29) is 4.90 Å². The average Bonchev–Trinajstić information content (AvgIpc) is 3.21. The van der Waals surface area contributed by atoms with Gasteiger partial charge in [0, 0.05) is 23.9 Å². The lowest BCUT2D eigenvalue weighted by Gasteiger charge is -2.18. The van der Waals surface area contributed by atoms with Crippen LogP contribution in [0.4, 0.5) is 0 Å². The van der Waals surface area contributed by atoms with E-state index >= 15 is 0 Å². The van der Waals surface area contributed by atoms with Crippen molar-refractivity contribution in [1.29, 1.82) is 0 Å². The van der Waals surface area contributed by atoms with Gasteiger partial charge < -0.3 is 4.74 Å². The molecular formula is C25H26ClN3O3S2. The van der Waals surface area contributed by atoms with E-state index in [1.54, 1.807) is 31.0 Å². The number of methoxy groups -OCH3 is 1.